The summed E-state index contributed by atoms with van der Waals surface area (Å²) in [5.74, 6) is -1.35. The van der Waals surface area contributed by atoms with E-state index in [0.717, 1.165) is 29.4 Å². The standard InChI is InChI=1S/C27H23ClN4O8/c1-16-3-4-17(2)31(16)19-5-7-20(8-6-19)38-14-21-9-10-24(40-21)27(35)30-29-13-18-11-22(28)26(39-15-25(33)34)23(12-18)32(36)37/h3-13H,14-15H2,1-2H3,(H,30,35)(H,33,34)/b29-13+. The Morgan fingerprint density at radius 3 is 2.45 bits per heavy atom. The number of hydrazone groups is 1. The Kier molecular flexibility index (Phi) is 8.50. The fraction of sp³-hybridized carbons (Fsp3) is 0.148. The van der Waals surface area contributed by atoms with E-state index in [1.165, 1.54) is 12.1 Å². The number of aryl methyl sites for hydroxylation is 2. The molecule has 0 bridgehead atoms. The molecule has 0 saturated heterocycles. The Morgan fingerprint density at radius 1 is 1.10 bits per heavy atom. The molecule has 1 amide bonds. The van der Waals surface area contributed by atoms with Crippen LogP contribution in [0.2, 0.25) is 5.02 Å². The summed E-state index contributed by atoms with van der Waals surface area (Å²) in [6, 6.07) is 17.1. The van der Waals surface area contributed by atoms with E-state index in [1.807, 2.05) is 38.1 Å². The number of rotatable bonds is 11. The summed E-state index contributed by atoms with van der Waals surface area (Å²) >= 11 is 6.02. The zero-order valence-corrected chi connectivity index (χ0v) is 22.0. The highest BCUT2D eigenvalue weighted by Gasteiger charge is 2.21. The third-order valence-electron chi connectivity index (χ3n) is 5.60. The largest absolute Gasteiger partial charge is 0.486 e. The summed E-state index contributed by atoms with van der Waals surface area (Å²) in [5.41, 5.74) is 5.14. The number of aromatic nitrogens is 1. The number of hydrogen-bond acceptors (Lipinski definition) is 8. The normalized spacial score (nSPS) is 11.0. The number of aliphatic carboxylic acids is 1. The Hall–Kier alpha value is -5.10. The Balaban J connectivity index is 1.34. The fourth-order valence-corrected chi connectivity index (χ4v) is 4.08. The molecule has 2 heterocycles. The topological polar surface area (TPSA) is 158 Å². The summed E-state index contributed by atoms with van der Waals surface area (Å²) < 4.78 is 18.3. The molecule has 4 aromatic rings. The second-order valence-electron chi connectivity index (χ2n) is 8.49. The predicted molar refractivity (Wildman–Crippen MR) is 145 cm³/mol. The summed E-state index contributed by atoms with van der Waals surface area (Å²) in [6.45, 7) is 3.36. The van der Waals surface area contributed by atoms with Crippen molar-refractivity contribution in [3.8, 4) is 17.2 Å². The van der Waals surface area contributed by atoms with Crippen LogP contribution in [0.5, 0.6) is 11.5 Å². The Bertz CT molecular complexity index is 1570. The minimum absolute atomic E-state index is 0.0221. The summed E-state index contributed by atoms with van der Waals surface area (Å²) in [7, 11) is 0. The van der Waals surface area contributed by atoms with Crippen LogP contribution < -0.4 is 14.9 Å². The number of ether oxygens (including phenoxy) is 2. The molecule has 0 spiro atoms. The molecule has 12 nitrogen and oxygen atoms in total. The van der Waals surface area contributed by atoms with Crippen LogP contribution in [0.3, 0.4) is 0 Å². The molecule has 0 unspecified atom stereocenters. The van der Waals surface area contributed by atoms with Crippen molar-refractivity contribution in [1.29, 1.82) is 0 Å². The molecule has 0 aliphatic rings. The summed E-state index contributed by atoms with van der Waals surface area (Å²) in [5, 5.41) is 23.7. The van der Waals surface area contributed by atoms with Crippen molar-refractivity contribution < 1.29 is 33.5 Å². The summed E-state index contributed by atoms with van der Waals surface area (Å²) in [4.78, 5) is 33.7. The van der Waals surface area contributed by atoms with Crippen LogP contribution in [0.4, 0.5) is 5.69 Å². The number of nitro groups is 1. The average Bonchev–Trinajstić information content (AvgIpc) is 3.53. The van der Waals surface area contributed by atoms with Gasteiger partial charge in [0.05, 0.1) is 16.2 Å². The first kappa shape index (κ1) is 27.9. The van der Waals surface area contributed by atoms with Crippen LogP contribution in [-0.4, -0.2) is 39.3 Å². The SMILES string of the molecule is Cc1ccc(C)n1-c1ccc(OCc2ccc(C(=O)N/N=C/c3cc(Cl)c(OCC(=O)O)c([N+](=O)[O-])c3)o2)cc1. The molecule has 2 aromatic carbocycles. The molecule has 40 heavy (non-hydrogen) atoms. The molecule has 0 saturated carbocycles. The van der Waals surface area contributed by atoms with Crippen molar-refractivity contribution >= 4 is 35.4 Å². The van der Waals surface area contributed by atoms with Gasteiger partial charge in [-0.25, -0.2) is 10.2 Å². The van der Waals surface area contributed by atoms with Gasteiger partial charge in [-0.15, -0.1) is 0 Å². The summed E-state index contributed by atoms with van der Waals surface area (Å²) in [6.07, 6.45) is 1.13. The Labute approximate surface area is 232 Å². The smallest absolute Gasteiger partial charge is 0.341 e. The number of amides is 1. The highest BCUT2D eigenvalue weighted by atomic mass is 35.5. The molecular formula is C27H23ClN4O8. The third kappa shape index (κ3) is 6.66. The number of carbonyl (C=O) groups is 2. The maximum atomic E-state index is 12.4. The zero-order valence-electron chi connectivity index (χ0n) is 21.3. The van der Waals surface area contributed by atoms with Gasteiger partial charge in [0.25, 0.3) is 0 Å². The van der Waals surface area contributed by atoms with Gasteiger partial charge < -0.3 is 23.6 Å². The lowest BCUT2D eigenvalue weighted by Crippen LogP contribution is -2.16. The number of carbonyl (C=O) groups excluding carboxylic acids is 1. The third-order valence-corrected chi connectivity index (χ3v) is 5.88. The lowest BCUT2D eigenvalue weighted by atomic mass is 10.2. The first-order valence-electron chi connectivity index (χ1n) is 11.7. The molecule has 2 N–H and O–H groups in total. The van der Waals surface area contributed by atoms with Gasteiger partial charge >= 0.3 is 17.6 Å². The van der Waals surface area contributed by atoms with Crippen LogP contribution in [-0.2, 0) is 11.4 Å². The maximum Gasteiger partial charge on any atom is 0.341 e. The molecule has 0 radical (unpaired) electrons. The van der Waals surface area contributed by atoms with Crippen LogP contribution in [0.15, 0.2) is 70.2 Å². The first-order chi connectivity index (χ1) is 19.1. The van der Waals surface area contributed by atoms with Gasteiger partial charge in [-0.3, -0.25) is 14.9 Å². The minimum Gasteiger partial charge on any atom is -0.486 e. The maximum absolute atomic E-state index is 12.4. The molecule has 0 aliphatic carbocycles. The van der Waals surface area contributed by atoms with Gasteiger partial charge in [-0.1, -0.05) is 11.6 Å². The van der Waals surface area contributed by atoms with E-state index in [9.17, 15) is 19.7 Å². The Morgan fingerprint density at radius 2 is 1.80 bits per heavy atom. The quantitative estimate of drug-likeness (QED) is 0.145. The van der Waals surface area contributed by atoms with Gasteiger partial charge in [-0.05, 0) is 68.4 Å². The first-order valence-corrected chi connectivity index (χ1v) is 12.1. The zero-order chi connectivity index (χ0) is 28.8. The molecular weight excluding hydrogens is 544 g/mol. The van der Waals surface area contributed by atoms with Gasteiger partial charge in [0.15, 0.2) is 12.4 Å². The predicted octanol–water partition coefficient (Wildman–Crippen LogP) is 5.06. The fourth-order valence-electron chi connectivity index (χ4n) is 3.81. The van der Waals surface area contributed by atoms with E-state index in [1.54, 1.807) is 6.07 Å². The minimum atomic E-state index is -1.32. The monoisotopic (exact) mass is 566 g/mol. The molecule has 0 aliphatic heterocycles. The number of furan rings is 1. The second kappa shape index (κ2) is 12.2. The molecule has 206 valence electrons. The van der Waals surface area contributed by atoms with E-state index in [0.29, 0.717) is 11.5 Å². The lowest BCUT2D eigenvalue weighted by Gasteiger charge is -2.10. The van der Waals surface area contributed by atoms with Crippen molar-refractivity contribution in [2.45, 2.75) is 20.5 Å². The van der Waals surface area contributed by atoms with Gasteiger partial charge in [0, 0.05) is 28.7 Å². The van der Waals surface area contributed by atoms with Crippen LogP contribution in [0, 0.1) is 24.0 Å². The molecule has 13 heteroatoms. The van der Waals surface area contributed by atoms with Gasteiger partial charge in [0.1, 0.15) is 18.1 Å². The van der Waals surface area contributed by atoms with Crippen molar-refractivity contribution in [3.63, 3.8) is 0 Å². The van der Waals surface area contributed by atoms with Gasteiger partial charge in [-0.2, -0.15) is 5.10 Å². The molecule has 2 aromatic heterocycles. The van der Waals surface area contributed by atoms with E-state index in [4.69, 9.17) is 30.6 Å². The highest BCUT2D eigenvalue weighted by Crippen LogP contribution is 2.35. The van der Waals surface area contributed by atoms with E-state index in [-0.39, 0.29) is 28.7 Å². The van der Waals surface area contributed by atoms with Crippen LogP contribution >= 0.6 is 11.6 Å². The molecule has 0 atom stereocenters. The number of nitrogens with zero attached hydrogens (tertiary/aromatic N) is 3. The highest BCUT2D eigenvalue weighted by molar-refractivity contribution is 6.32. The van der Waals surface area contributed by atoms with Crippen LogP contribution in [0.25, 0.3) is 5.69 Å². The van der Waals surface area contributed by atoms with Crippen LogP contribution in [0.1, 0.15) is 33.3 Å². The molecule has 4 rings (SSSR count). The number of hydrogen-bond donors (Lipinski definition) is 2. The van der Waals surface area contributed by atoms with Crippen molar-refractivity contribution in [2.75, 3.05) is 6.61 Å². The number of benzene rings is 2. The number of nitro benzene ring substituents is 1. The number of halogens is 1. The van der Waals surface area contributed by atoms with Crippen molar-refractivity contribution in [3.05, 3.63) is 104 Å². The average molecular weight is 567 g/mol. The van der Waals surface area contributed by atoms with E-state index < -0.39 is 29.1 Å². The van der Waals surface area contributed by atoms with Gasteiger partial charge in [0.2, 0.25) is 5.75 Å². The number of carboxylic acid groups (broad SMARTS) is 1. The number of carboxylic acids is 1. The number of nitrogens with one attached hydrogen (secondary N) is 1. The van der Waals surface area contributed by atoms with Crippen molar-refractivity contribution in [2.24, 2.45) is 5.10 Å². The van der Waals surface area contributed by atoms with Crippen molar-refractivity contribution in [1.82, 2.24) is 9.99 Å². The molecule has 0 fully saturated rings. The second-order valence-corrected chi connectivity index (χ2v) is 8.90. The van der Waals surface area contributed by atoms with E-state index >= 15 is 0 Å². The lowest BCUT2D eigenvalue weighted by molar-refractivity contribution is -0.385. The van der Waals surface area contributed by atoms with E-state index in [2.05, 4.69) is 27.2 Å².